The molecule has 1 aliphatic carbocycles. The summed E-state index contributed by atoms with van der Waals surface area (Å²) in [5.41, 5.74) is 0. The molecule has 1 aliphatic rings. The molecule has 0 bridgehead atoms. The van der Waals surface area contributed by atoms with Crippen molar-refractivity contribution in [3.63, 3.8) is 0 Å². The van der Waals surface area contributed by atoms with Crippen LogP contribution in [0.15, 0.2) is 0 Å². The highest BCUT2D eigenvalue weighted by atomic mass is 14.3. The Kier molecular flexibility index (Phi) is 1.59. The Balaban J connectivity index is 2.39. The van der Waals surface area contributed by atoms with E-state index in [2.05, 4.69) is 20.8 Å². The Morgan fingerprint density at radius 2 is 1.50 bits per heavy atom. The average Bonchev–Trinajstić information content (AvgIpc) is 1.85. The van der Waals surface area contributed by atoms with Crippen molar-refractivity contribution in [3.8, 4) is 0 Å². The molecule has 0 aromatic carbocycles. The molecule has 1 fully saturated rings. The van der Waals surface area contributed by atoms with Gasteiger partial charge in [-0.05, 0) is 0 Å². The van der Waals surface area contributed by atoms with E-state index in [0.717, 1.165) is 11.8 Å². The zero-order chi connectivity index (χ0) is 6.15. The van der Waals surface area contributed by atoms with Gasteiger partial charge < -0.3 is 5.92 Å². The van der Waals surface area contributed by atoms with Gasteiger partial charge in [0.2, 0.25) is 0 Å². The van der Waals surface area contributed by atoms with Crippen molar-refractivity contribution in [2.24, 2.45) is 11.8 Å². The summed E-state index contributed by atoms with van der Waals surface area (Å²) < 4.78 is 0. The van der Waals surface area contributed by atoms with Crippen molar-refractivity contribution in [1.82, 2.24) is 0 Å². The van der Waals surface area contributed by atoms with Crippen molar-refractivity contribution in [1.29, 1.82) is 0 Å². The van der Waals surface area contributed by atoms with Crippen LogP contribution >= 0.6 is 0 Å². The van der Waals surface area contributed by atoms with E-state index in [-0.39, 0.29) is 0 Å². The van der Waals surface area contributed by atoms with Crippen molar-refractivity contribution < 1.29 is 0 Å². The molecule has 0 spiro atoms. The molecule has 0 aromatic heterocycles. The van der Waals surface area contributed by atoms with Gasteiger partial charge in [0.15, 0.2) is 0 Å². The van der Waals surface area contributed by atoms with E-state index in [0.29, 0.717) is 0 Å². The van der Waals surface area contributed by atoms with Gasteiger partial charge in [0.1, 0.15) is 0 Å². The minimum Gasteiger partial charge on any atom is -0.316 e. The maximum Gasteiger partial charge on any atom is -0.0648 e. The van der Waals surface area contributed by atoms with Crippen LogP contribution in [0.25, 0.3) is 0 Å². The molecule has 0 nitrogen and oxygen atoms in total. The van der Waals surface area contributed by atoms with Crippen LogP contribution < -0.4 is 0 Å². The third-order valence-corrected chi connectivity index (χ3v) is 2.31. The number of hydrogen-bond acceptors (Lipinski definition) is 0. The highest BCUT2D eigenvalue weighted by Crippen LogP contribution is 2.36. The fourth-order valence-corrected chi connectivity index (χ4v) is 1.58. The fraction of sp³-hybridized carbons (Fsp3) is 0.875. The normalized spacial score (nSPS) is 40.9. The molecule has 0 heterocycles. The van der Waals surface area contributed by atoms with Crippen LogP contribution in [0.2, 0.25) is 0 Å². The second kappa shape index (κ2) is 2.08. The Bertz CT molecular complexity index is 66.1. The lowest BCUT2D eigenvalue weighted by Crippen LogP contribution is -1.95. The first kappa shape index (κ1) is 6.12. The standard InChI is InChI=1S/C8H15/c1-6-4-7(2)8(3)5-6/h7-8H,4-5H2,1-3H3/q-1. The van der Waals surface area contributed by atoms with E-state index in [9.17, 15) is 0 Å². The summed E-state index contributed by atoms with van der Waals surface area (Å²) in [6, 6.07) is 0. The predicted molar refractivity (Wildman–Crippen MR) is 36.5 cm³/mol. The van der Waals surface area contributed by atoms with Gasteiger partial charge in [-0.25, -0.2) is 0 Å². The van der Waals surface area contributed by atoms with Crippen molar-refractivity contribution in [3.05, 3.63) is 5.92 Å². The van der Waals surface area contributed by atoms with Crippen LogP contribution in [0.3, 0.4) is 0 Å². The molecule has 0 saturated heterocycles. The lowest BCUT2D eigenvalue weighted by atomic mass is 10.0. The van der Waals surface area contributed by atoms with Gasteiger partial charge in [0.05, 0.1) is 0 Å². The average molecular weight is 111 g/mol. The van der Waals surface area contributed by atoms with Crippen molar-refractivity contribution in [2.75, 3.05) is 0 Å². The molecule has 0 N–H and O–H groups in total. The molecule has 0 heteroatoms. The van der Waals surface area contributed by atoms with E-state index in [4.69, 9.17) is 0 Å². The first-order valence-electron chi connectivity index (χ1n) is 3.51. The van der Waals surface area contributed by atoms with Crippen LogP contribution in [-0.4, -0.2) is 0 Å². The quantitative estimate of drug-likeness (QED) is 0.421. The van der Waals surface area contributed by atoms with E-state index in [1.807, 2.05) is 0 Å². The summed E-state index contributed by atoms with van der Waals surface area (Å²) in [7, 11) is 0. The van der Waals surface area contributed by atoms with Crippen LogP contribution in [0.1, 0.15) is 33.6 Å². The third-order valence-electron chi connectivity index (χ3n) is 2.31. The van der Waals surface area contributed by atoms with Gasteiger partial charge in [-0.3, -0.25) is 0 Å². The van der Waals surface area contributed by atoms with Crippen LogP contribution in [0.5, 0.6) is 0 Å². The molecule has 0 radical (unpaired) electrons. The summed E-state index contributed by atoms with van der Waals surface area (Å²) >= 11 is 0. The minimum absolute atomic E-state index is 0.954. The maximum absolute atomic E-state index is 2.35. The molecular formula is C8H15-. The second-order valence-electron chi connectivity index (χ2n) is 3.32. The highest BCUT2D eigenvalue weighted by Gasteiger charge is 2.14. The summed E-state index contributed by atoms with van der Waals surface area (Å²) in [6.07, 6.45) is 2.75. The Morgan fingerprint density at radius 1 is 1.12 bits per heavy atom. The van der Waals surface area contributed by atoms with E-state index < -0.39 is 0 Å². The fourth-order valence-electron chi connectivity index (χ4n) is 1.58. The topological polar surface area (TPSA) is 0 Å². The molecule has 2 atom stereocenters. The lowest BCUT2D eigenvalue weighted by Gasteiger charge is -2.12. The van der Waals surface area contributed by atoms with Crippen LogP contribution in [0, 0.1) is 17.8 Å². The molecule has 8 heavy (non-hydrogen) atoms. The van der Waals surface area contributed by atoms with Gasteiger partial charge >= 0.3 is 0 Å². The smallest absolute Gasteiger partial charge is 0.0648 e. The Labute approximate surface area is 52.3 Å². The molecule has 1 saturated carbocycles. The molecule has 0 aromatic rings. The summed E-state index contributed by atoms with van der Waals surface area (Å²) in [5, 5.41) is 0. The maximum atomic E-state index is 2.35. The Hall–Kier alpha value is 0. The van der Waals surface area contributed by atoms with Gasteiger partial charge in [-0.15, -0.1) is 0 Å². The van der Waals surface area contributed by atoms with Gasteiger partial charge in [0, 0.05) is 0 Å². The van der Waals surface area contributed by atoms with E-state index in [1.165, 1.54) is 12.8 Å². The molecule has 48 valence electrons. The SMILES string of the molecule is C[C-]1CC(C)C(C)C1. The first-order valence-corrected chi connectivity index (χ1v) is 3.51. The molecule has 2 unspecified atom stereocenters. The predicted octanol–water partition coefficient (Wildman–Crippen LogP) is 2.65. The summed E-state index contributed by atoms with van der Waals surface area (Å²) in [6.45, 7) is 6.97. The molecular weight excluding hydrogens is 96.1 g/mol. The lowest BCUT2D eigenvalue weighted by molar-refractivity contribution is 0.457. The highest BCUT2D eigenvalue weighted by molar-refractivity contribution is 4.95. The van der Waals surface area contributed by atoms with Crippen LogP contribution in [0.4, 0.5) is 0 Å². The second-order valence-corrected chi connectivity index (χ2v) is 3.32. The van der Waals surface area contributed by atoms with Crippen molar-refractivity contribution in [2.45, 2.75) is 33.6 Å². The zero-order valence-corrected chi connectivity index (χ0v) is 6.07. The third kappa shape index (κ3) is 1.04. The van der Waals surface area contributed by atoms with Gasteiger partial charge in [-0.2, -0.15) is 19.8 Å². The monoisotopic (exact) mass is 111 g/mol. The van der Waals surface area contributed by atoms with Crippen LogP contribution in [-0.2, 0) is 0 Å². The van der Waals surface area contributed by atoms with E-state index in [1.54, 1.807) is 5.92 Å². The molecule has 0 aliphatic heterocycles. The first-order chi connectivity index (χ1) is 3.70. The summed E-state index contributed by atoms with van der Waals surface area (Å²) in [5.74, 6) is 3.61. The van der Waals surface area contributed by atoms with E-state index >= 15 is 0 Å². The van der Waals surface area contributed by atoms with Gasteiger partial charge in [0.25, 0.3) is 0 Å². The molecule has 1 rings (SSSR count). The van der Waals surface area contributed by atoms with Gasteiger partial charge in [-0.1, -0.05) is 25.7 Å². The van der Waals surface area contributed by atoms with Crippen molar-refractivity contribution >= 4 is 0 Å². The Morgan fingerprint density at radius 3 is 1.62 bits per heavy atom. The zero-order valence-electron chi connectivity index (χ0n) is 6.07. The summed E-state index contributed by atoms with van der Waals surface area (Å²) in [4.78, 5) is 0. The largest absolute Gasteiger partial charge is 0.316 e. The number of rotatable bonds is 0. The minimum atomic E-state index is 0.954. The molecule has 0 amide bonds. The number of hydrogen-bond donors (Lipinski definition) is 0.